The summed E-state index contributed by atoms with van der Waals surface area (Å²) in [6, 6.07) is 2.37. The topological polar surface area (TPSA) is 12.0 Å². The lowest BCUT2D eigenvalue weighted by atomic mass is 10.1. The molecule has 1 fully saturated rings. The van der Waals surface area contributed by atoms with Crippen LogP contribution in [0, 0.1) is 6.04 Å². The van der Waals surface area contributed by atoms with Gasteiger partial charge >= 0.3 is 0 Å². The van der Waals surface area contributed by atoms with Gasteiger partial charge in [-0.2, -0.15) is 0 Å². The van der Waals surface area contributed by atoms with Crippen LogP contribution in [0.4, 0.5) is 0 Å². The zero-order valence-corrected chi connectivity index (χ0v) is 7.82. The highest BCUT2D eigenvalue weighted by atomic mass is 15.0. The third kappa shape index (κ3) is 3.76. The van der Waals surface area contributed by atoms with Crippen molar-refractivity contribution in [3.8, 4) is 0 Å². The third-order valence-electron chi connectivity index (χ3n) is 2.18. The summed E-state index contributed by atoms with van der Waals surface area (Å²) < 4.78 is 0. The number of hydrogen-bond acceptors (Lipinski definition) is 1. The highest BCUT2D eigenvalue weighted by molar-refractivity contribution is 5.03. The van der Waals surface area contributed by atoms with Gasteiger partial charge in [0.15, 0.2) is 0 Å². The normalized spacial score (nSPS) is 17.7. The lowest BCUT2D eigenvalue weighted by Crippen LogP contribution is -2.26. The van der Waals surface area contributed by atoms with E-state index in [1.165, 1.54) is 38.5 Å². The van der Waals surface area contributed by atoms with Crippen molar-refractivity contribution in [2.75, 3.05) is 0 Å². The summed E-state index contributed by atoms with van der Waals surface area (Å²) in [7, 11) is 0. The van der Waals surface area contributed by atoms with Gasteiger partial charge in [-0.15, -0.1) is 0 Å². The molecule has 1 nitrogen and oxygen atoms in total. The van der Waals surface area contributed by atoms with Crippen molar-refractivity contribution in [1.82, 2.24) is 5.32 Å². The second kappa shape index (κ2) is 4.76. The Morgan fingerprint density at radius 2 is 1.73 bits per heavy atom. The van der Waals surface area contributed by atoms with Crippen LogP contribution < -0.4 is 5.32 Å². The van der Waals surface area contributed by atoms with Crippen LogP contribution in [0.3, 0.4) is 0 Å². The van der Waals surface area contributed by atoms with Gasteiger partial charge in [-0.05, 0) is 25.7 Å². The Balaban J connectivity index is 2.08. The van der Waals surface area contributed by atoms with Gasteiger partial charge in [0.25, 0.3) is 0 Å². The van der Waals surface area contributed by atoms with Crippen LogP contribution in [0.1, 0.15) is 52.4 Å². The van der Waals surface area contributed by atoms with Gasteiger partial charge in [0.1, 0.15) is 0 Å². The van der Waals surface area contributed by atoms with Crippen molar-refractivity contribution >= 4 is 0 Å². The quantitative estimate of drug-likeness (QED) is 0.620. The minimum absolute atomic E-state index is 0.780. The molecule has 1 aliphatic carbocycles. The Morgan fingerprint density at radius 3 is 2.09 bits per heavy atom. The fourth-order valence-corrected chi connectivity index (χ4v) is 1.48. The molecular formula is C10H20N. The van der Waals surface area contributed by atoms with Gasteiger partial charge in [-0.3, -0.25) is 0 Å². The molecule has 0 aromatic rings. The molecule has 1 N–H and O–H groups in total. The standard InChI is InChI=1S/C10H20N/c1-3-5-9(6-4-2)11-10-7-8-10/h9,11H,3-8H2,1-2H3. The summed E-state index contributed by atoms with van der Waals surface area (Å²) in [5, 5.41) is 3.61. The molecule has 1 rings (SSSR count). The molecule has 0 spiro atoms. The summed E-state index contributed by atoms with van der Waals surface area (Å²) in [6.07, 6.45) is 7.98. The largest absolute Gasteiger partial charge is 0.307 e. The fraction of sp³-hybridized carbons (Fsp3) is 0.900. The average molecular weight is 154 g/mol. The number of rotatable bonds is 6. The SMILES string of the molecule is CCCC(CCC)N[C]1CC1. The predicted octanol–water partition coefficient (Wildman–Crippen LogP) is 2.87. The Morgan fingerprint density at radius 1 is 1.18 bits per heavy atom. The van der Waals surface area contributed by atoms with Crippen LogP contribution >= 0.6 is 0 Å². The van der Waals surface area contributed by atoms with E-state index < -0.39 is 0 Å². The summed E-state index contributed by atoms with van der Waals surface area (Å²) in [6.45, 7) is 4.53. The minimum Gasteiger partial charge on any atom is -0.307 e. The Hall–Kier alpha value is -0.0400. The van der Waals surface area contributed by atoms with E-state index in [-0.39, 0.29) is 0 Å². The van der Waals surface area contributed by atoms with E-state index in [1.54, 1.807) is 6.04 Å². The molecule has 65 valence electrons. The molecule has 0 bridgehead atoms. The third-order valence-corrected chi connectivity index (χ3v) is 2.18. The maximum atomic E-state index is 3.61. The molecule has 0 aliphatic heterocycles. The monoisotopic (exact) mass is 154 g/mol. The molecule has 0 atom stereocenters. The Kier molecular flexibility index (Phi) is 3.92. The van der Waals surface area contributed by atoms with Crippen LogP contribution in [0.25, 0.3) is 0 Å². The summed E-state index contributed by atoms with van der Waals surface area (Å²) in [5.74, 6) is 0. The maximum absolute atomic E-state index is 3.61. The molecule has 11 heavy (non-hydrogen) atoms. The summed E-state index contributed by atoms with van der Waals surface area (Å²) >= 11 is 0. The van der Waals surface area contributed by atoms with E-state index in [0.29, 0.717) is 0 Å². The van der Waals surface area contributed by atoms with Crippen LogP contribution in [-0.4, -0.2) is 6.04 Å². The van der Waals surface area contributed by atoms with Crippen molar-refractivity contribution in [2.45, 2.75) is 58.4 Å². The summed E-state index contributed by atoms with van der Waals surface area (Å²) in [4.78, 5) is 0. The minimum atomic E-state index is 0.780. The van der Waals surface area contributed by atoms with Crippen LogP contribution in [-0.2, 0) is 0 Å². The van der Waals surface area contributed by atoms with Crippen LogP contribution in [0.15, 0.2) is 0 Å². The van der Waals surface area contributed by atoms with E-state index in [2.05, 4.69) is 19.2 Å². The van der Waals surface area contributed by atoms with Crippen molar-refractivity contribution in [3.63, 3.8) is 0 Å². The molecule has 0 unspecified atom stereocenters. The van der Waals surface area contributed by atoms with Crippen molar-refractivity contribution in [2.24, 2.45) is 0 Å². The molecule has 1 heteroatoms. The smallest absolute Gasteiger partial charge is 0.0367 e. The number of nitrogens with one attached hydrogen (secondary N) is 1. The van der Waals surface area contributed by atoms with Crippen LogP contribution in [0.2, 0.25) is 0 Å². The zero-order chi connectivity index (χ0) is 8.10. The van der Waals surface area contributed by atoms with Gasteiger partial charge in [0.2, 0.25) is 0 Å². The highest BCUT2D eigenvalue weighted by Crippen LogP contribution is 2.29. The average Bonchev–Trinajstić information content (AvgIpc) is 2.73. The molecule has 1 saturated carbocycles. The van der Waals surface area contributed by atoms with Crippen LogP contribution in [0.5, 0.6) is 0 Å². The molecule has 0 aromatic heterocycles. The van der Waals surface area contributed by atoms with Gasteiger partial charge in [0.05, 0.1) is 0 Å². The van der Waals surface area contributed by atoms with Crippen molar-refractivity contribution < 1.29 is 0 Å². The maximum Gasteiger partial charge on any atom is 0.0367 e. The Labute approximate surface area is 70.6 Å². The van der Waals surface area contributed by atoms with Crippen molar-refractivity contribution in [3.05, 3.63) is 6.04 Å². The lowest BCUT2D eigenvalue weighted by molar-refractivity contribution is 0.472. The highest BCUT2D eigenvalue weighted by Gasteiger charge is 2.24. The first-order valence-corrected chi connectivity index (χ1v) is 4.98. The predicted molar refractivity (Wildman–Crippen MR) is 49.2 cm³/mol. The first-order chi connectivity index (χ1) is 5.36. The first kappa shape index (κ1) is 9.05. The van der Waals surface area contributed by atoms with Gasteiger partial charge in [0, 0.05) is 12.1 Å². The Bertz CT molecular complexity index is 91.0. The van der Waals surface area contributed by atoms with E-state index in [0.717, 1.165) is 6.04 Å². The second-order valence-corrected chi connectivity index (χ2v) is 3.52. The summed E-state index contributed by atoms with van der Waals surface area (Å²) in [5.41, 5.74) is 0. The molecule has 1 aliphatic rings. The van der Waals surface area contributed by atoms with Crippen molar-refractivity contribution in [1.29, 1.82) is 0 Å². The van der Waals surface area contributed by atoms with E-state index in [4.69, 9.17) is 0 Å². The van der Waals surface area contributed by atoms with E-state index in [1.807, 2.05) is 0 Å². The van der Waals surface area contributed by atoms with Gasteiger partial charge in [-0.25, -0.2) is 0 Å². The molecule has 0 aromatic carbocycles. The second-order valence-electron chi connectivity index (χ2n) is 3.52. The molecule has 0 amide bonds. The van der Waals surface area contributed by atoms with Gasteiger partial charge in [-0.1, -0.05) is 26.7 Å². The molecule has 0 heterocycles. The molecule has 0 saturated heterocycles. The lowest BCUT2D eigenvalue weighted by Gasteiger charge is -2.15. The first-order valence-electron chi connectivity index (χ1n) is 4.98. The molecule has 1 radical (unpaired) electrons. The van der Waals surface area contributed by atoms with Gasteiger partial charge < -0.3 is 5.32 Å². The number of hydrogen-bond donors (Lipinski definition) is 1. The fourth-order valence-electron chi connectivity index (χ4n) is 1.48. The molecular weight excluding hydrogens is 134 g/mol. The van der Waals surface area contributed by atoms with E-state index in [9.17, 15) is 0 Å². The van der Waals surface area contributed by atoms with E-state index >= 15 is 0 Å². The zero-order valence-electron chi connectivity index (χ0n) is 7.82.